The molecule has 2 aromatic rings. The predicted octanol–water partition coefficient (Wildman–Crippen LogP) is 2.42. The molecule has 1 fully saturated rings. The zero-order chi connectivity index (χ0) is 16.2. The van der Waals surface area contributed by atoms with Gasteiger partial charge in [-0.3, -0.25) is 13.9 Å². The minimum absolute atomic E-state index is 0.0265. The molecule has 2 heterocycles. The summed E-state index contributed by atoms with van der Waals surface area (Å²) in [5.74, 6) is 0.552. The summed E-state index contributed by atoms with van der Waals surface area (Å²) in [5.41, 5.74) is 1.94. The highest BCUT2D eigenvalue weighted by atomic mass is 32.1. The van der Waals surface area contributed by atoms with Crippen LogP contribution in [0.2, 0.25) is 0 Å². The lowest BCUT2D eigenvalue weighted by Gasteiger charge is -2.10. The van der Waals surface area contributed by atoms with Gasteiger partial charge in [-0.15, -0.1) is 0 Å². The Balaban J connectivity index is 1.59. The van der Waals surface area contributed by atoms with E-state index >= 15 is 0 Å². The average molecular weight is 327 g/mol. The number of carbonyl (C=O) groups is 2. The van der Waals surface area contributed by atoms with E-state index < -0.39 is 0 Å². The van der Waals surface area contributed by atoms with E-state index in [2.05, 4.69) is 23.1 Å². The van der Waals surface area contributed by atoms with Gasteiger partial charge in [-0.1, -0.05) is 49.2 Å². The Hall–Kier alpha value is -2.34. The van der Waals surface area contributed by atoms with Gasteiger partial charge in [0.05, 0.1) is 6.42 Å². The second-order valence-electron chi connectivity index (χ2n) is 5.56. The summed E-state index contributed by atoms with van der Waals surface area (Å²) in [6.45, 7) is 0.587. The highest BCUT2D eigenvalue weighted by Crippen LogP contribution is 2.28. The smallest absolute Gasteiger partial charge is 0.232 e. The van der Waals surface area contributed by atoms with Crippen LogP contribution < -0.4 is 5.32 Å². The predicted molar refractivity (Wildman–Crippen MR) is 91.1 cm³/mol. The molecule has 1 aliphatic heterocycles. The number of nitrogens with one attached hydrogen (secondary N) is 1. The lowest BCUT2D eigenvalue weighted by atomic mass is 10.0. The minimum atomic E-state index is -0.103. The number of aromatic nitrogens is 1. The van der Waals surface area contributed by atoms with E-state index in [4.69, 9.17) is 0 Å². The van der Waals surface area contributed by atoms with Crippen LogP contribution in [0.1, 0.15) is 23.5 Å². The van der Waals surface area contributed by atoms with Crippen LogP contribution >= 0.6 is 12.8 Å². The SMILES string of the molecule is O=C(Cc1ccccc1)Nc1ccc(C2CC(=O)N(S)C2)cn1. The molecule has 0 radical (unpaired) electrons. The van der Waals surface area contributed by atoms with Crippen LogP contribution in [0.15, 0.2) is 48.7 Å². The second kappa shape index (κ2) is 6.83. The van der Waals surface area contributed by atoms with E-state index in [0.29, 0.717) is 25.2 Å². The summed E-state index contributed by atoms with van der Waals surface area (Å²) >= 11 is 4.12. The van der Waals surface area contributed by atoms with Crippen molar-refractivity contribution in [2.24, 2.45) is 0 Å². The van der Waals surface area contributed by atoms with Gasteiger partial charge in [0.2, 0.25) is 11.8 Å². The summed E-state index contributed by atoms with van der Waals surface area (Å²) < 4.78 is 1.43. The number of hydrogen-bond donors (Lipinski definition) is 2. The van der Waals surface area contributed by atoms with Gasteiger partial charge >= 0.3 is 0 Å². The third-order valence-corrected chi connectivity index (χ3v) is 4.22. The molecule has 0 aliphatic carbocycles. The Kier molecular flexibility index (Phi) is 4.62. The molecule has 118 valence electrons. The molecule has 1 unspecified atom stereocenters. The first-order valence-electron chi connectivity index (χ1n) is 7.41. The van der Waals surface area contributed by atoms with Crippen LogP contribution in [0.25, 0.3) is 0 Å². The quantitative estimate of drug-likeness (QED) is 0.848. The molecule has 1 aromatic carbocycles. The van der Waals surface area contributed by atoms with Crippen LogP contribution in [0, 0.1) is 0 Å². The Morgan fingerprint density at radius 3 is 2.65 bits per heavy atom. The fourth-order valence-electron chi connectivity index (χ4n) is 2.60. The number of anilines is 1. The number of amides is 2. The van der Waals surface area contributed by atoms with Crippen LogP contribution in [0.3, 0.4) is 0 Å². The van der Waals surface area contributed by atoms with E-state index in [1.807, 2.05) is 36.4 Å². The molecule has 1 saturated heterocycles. The molecule has 1 atom stereocenters. The molecule has 23 heavy (non-hydrogen) atoms. The molecule has 1 N–H and O–H groups in total. The van der Waals surface area contributed by atoms with Crippen LogP contribution in [0.4, 0.5) is 5.82 Å². The number of nitrogens with zero attached hydrogens (tertiary/aromatic N) is 2. The molecular formula is C17H17N3O2S. The van der Waals surface area contributed by atoms with E-state index in [1.165, 1.54) is 4.31 Å². The molecule has 6 heteroatoms. The van der Waals surface area contributed by atoms with Gasteiger partial charge in [0, 0.05) is 25.1 Å². The number of benzene rings is 1. The molecule has 5 nitrogen and oxygen atoms in total. The summed E-state index contributed by atoms with van der Waals surface area (Å²) in [5, 5.41) is 2.78. The van der Waals surface area contributed by atoms with Crippen molar-refractivity contribution in [1.29, 1.82) is 0 Å². The van der Waals surface area contributed by atoms with Crippen molar-refractivity contribution < 1.29 is 9.59 Å². The highest BCUT2D eigenvalue weighted by molar-refractivity contribution is 7.78. The van der Waals surface area contributed by atoms with Crippen molar-refractivity contribution in [2.75, 3.05) is 11.9 Å². The minimum Gasteiger partial charge on any atom is -0.310 e. The number of hydrogen-bond acceptors (Lipinski definition) is 4. The molecule has 1 aliphatic rings. The topological polar surface area (TPSA) is 62.3 Å². The monoisotopic (exact) mass is 327 g/mol. The first-order valence-corrected chi connectivity index (χ1v) is 7.81. The van der Waals surface area contributed by atoms with E-state index in [-0.39, 0.29) is 17.7 Å². The molecule has 3 rings (SSSR count). The van der Waals surface area contributed by atoms with Crippen LogP contribution in [-0.2, 0) is 16.0 Å². The highest BCUT2D eigenvalue weighted by Gasteiger charge is 2.28. The summed E-state index contributed by atoms with van der Waals surface area (Å²) in [7, 11) is 0. The Morgan fingerprint density at radius 2 is 2.04 bits per heavy atom. The first kappa shape index (κ1) is 15.6. The van der Waals surface area contributed by atoms with Crippen molar-refractivity contribution >= 4 is 30.4 Å². The Bertz CT molecular complexity index is 704. The number of thiol groups is 1. The van der Waals surface area contributed by atoms with Gasteiger partial charge in [-0.2, -0.15) is 0 Å². The third kappa shape index (κ3) is 3.90. The Labute approximate surface area is 140 Å². The summed E-state index contributed by atoms with van der Waals surface area (Å²) in [6, 6.07) is 13.2. The van der Waals surface area contributed by atoms with E-state index in [0.717, 1.165) is 11.1 Å². The number of carbonyl (C=O) groups excluding carboxylic acids is 2. The van der Waals surface area contributed by atoms with Crippen LogP contribution in [-0.4, -0.2) is 27.6 Å². The fourth-order valence-corrected chi connectivity index (χ4v) is 2.88. The van der Waals surface area contributed by atoms with Gasteiger partial charge in [-0.05, 0) is 17.2 Å². The first-order chi connectivity index (χ1) is 11.1. The van der Waals surface area contributed by atoms with Gasteiger partial charge in [-0.25, -0.2) is 4.98 Å². The van der Waals surface area contributed by atoms with Gasteiger partial charge in [0.25, 0.3) is 0 Å². The summed E-state index contributed by atoms with van der Waals surface area (Å²) in [6.07, 6.45) is 2.48. The average Bonchev–Trinajstić information content (AvgIpc) is 2.88. The molecule has 0 saturated carbocycles. The number of pyridine rings is 1. The van der Waals surface area contributed by atoms with Gasteiger partial charge < -0.3 is 5.32 Å². The van der Waals surface area contributed by atoms with Crippen molar-refractivity contribution in [1.82, 2.24) is 9.29 Å². The molecular weight excluding hydrogens is 310 g/mol. The Morgan fingerprint density at radius 1 is 1.26 bits per heavy atom. The largest absolute Gasteiger partial charge is 0.310 e. The van der Waals surface area contributed by atoms with E-state index in [1.54, 1.807) is 12.3 Å². The fraction of sp³-hybridized carbons (Fsp3) is 0.235. The van der Waals surface area contributed by atoms with Crippen LogP contribution in [0.5, 0.6) is 0 Å². The van der Waals surface area contributed by atoms with E-state index in [9.17, 15) is 9.59 Å². The van der Waals surface area contributed by atoms with Crippen molar-refractivity contribution in [2.45, 2.75) is 18.8 Å². The maximum Gasteiger partial charge on any atom is 0.232 e. The van der Waals surface area contributed by atoms with Crippen molar-refractivity contribution in [3.8, 4) is 0 Å². The molecule has 2 amide bonds. The van der Waals surface area contributed by atoms with Crippen molar-refractivity contribution in [3.63, 3.8) is 0 Å². The third-order valence-electron chi connectivity index (χ3n) is 3.83. The lowest BCUT2D eigenvalue weighted by molar-refractivity contribution is -0.123. The van der Waals surface area contributed by atoms with Gasteiger partial charge in [0.15, 0.2) is 0 Å². The molecule has 0 spiro atoms. The maximum atomic E-state index is 12.0. The zero-order valence-corrected chi connectivity index (χ0v) is 13.4. The summed E-state index contributed by atoms with van der Waals surface area (Å²) in [4.78, 5) is 27.8. The normalized spacial score (nSPS) is 17.3. The second-order valence-corrected chi connectivity index (χ2v) is 6.05. The van der Waals surface area contributed by atoms with Gasteiger partial charge in [0.1, 0.15) is 5.82 Å². The molecule has 0 bridgehead atoms. The standard InChI is InChI=1S/C17H17N3O2S/c21-16(8-12-4-2-1-3-5-12)19-15-7-6-13(10-18-15)14-9-17(22)20(23)11-14/h1-7,10,14,23H,8-9,11H2,(H,18,19,21). The maximum absolute atomic E-state index is 12.0. The number of rotatable bonds is 4. The lowest BCUT2D eigenvalue weighted by Crippen LogP contribution is -2.15. The zero-order valence-electron chi connectivity index (χ0n) is 12.5. The van der Waals surface area contributed by atoms with Crippen molar-refractivity contribution in [3.05, 3.63) is 59.8 Å². The molecule has 1 aromatic heterocycles.